The Kier molecular flexibility index (Phi) is 2.85. The fraction of sp³-hybridized carbons (Fsp3) is 0.0909. The standard InChI is InChI=1S/C11H8ClFN2O2/c1-15-10(16)9(14-11(15)17)5-6-7(12)3-2-4-8(6)13/h2-5H,1H3,(H,14,17)/b9-5+. The molecule has 3 amide bonds. The minimum absolute atomic E-state index is 0.00417. The van der Waals surface area contributed by atoms with Gasteiger partial charge in [-0.1, -0.05) is 17.7 Å². The molecule has 1 N–H and O–H groups in total. The molecule has 0 bridgehead atoms. The second-order valence-electron chi connectivity index (χ2n) is 3.49. The highest BCUT2D eigenvalue weighted by Crippen LogP contribution is 2.22. The van der Waals surface area contributed by atoms with Crippen LogP contribution in [0.1, 0.15) is 5.56 Å². The first-order valence-corrected chi connectivity index (χ1v) is 5.13. The molecule has 1 heterocycles. The molecule has 1 fully saturated rings. The van der Waals surface area contributed by atoms with Gasteiger partial charge in [0.05, 0.1) is 5.02 Å². The highest BCUT2D eigenvalue weighted by atomic mass is 35.5. The van der Waals surface area contributed by atoms with Crippen molar-refractivity contribution in [3.63, 3.8) is 0 Å². The zero-order chi connectivity index (χ0) is 12.6. The summed E-state index contributed by atoms with van der Waals surface area (Å²) in [6, 6.07) is 3.64. The number of benzene rings is 1. The van der Waals surface area contributed by atoms with Crippen LogP contribution in [0.3, 0.4) is 0 Å². The van der Waals surface area contributed by atoms with Crippen LogP contribution in [0.5, 0.6) is 0 Å². The Balaban J connectivity index is 2.44. The average molecular weight is 255 g/mol. The fourth-order valence-corrected chi connectivity index (χ4v) is 1.63. The Labute approximate surface area is 102 Å². The SMILES string of the molecule is CN1C(=O)N/C(=C/c2c(F)cccc2Cl)C1=O. The van der Waals surface area contributed by atoms with E-state index in [2.05, 4.69) is 5.32 Å². The number of nitrogens with zero attached hydrogens (tertiary/aromatic N) is 1. The summed E-state index contributed by atoms with van der Waals surface area (Å²) in [7, 11) is 1.33. The van der Waals surface area contributed by atoms with Crippen molar-refractivity contribution >= 4 is 29.6 Å². The average Bonchev–Trinajstić information content (AvgIpc) is 2.52. The predicted molar refractivity (Wildman–Crippen MR) is 60.7 cm³/mol. The minimum Gasteiger partial charge on any atom is -0.303 e. The van der Waals surface area contributed by atoms with E-state index in [4.69, 9.17) is 11.6 Å². The number of hydrogen-bond donors (Lipinski definition) is 1. The smallest absolute Gasteiger partial charge is 0.303 e. The van der Waals surface area contributed by atoms with E-state index in [1.807, 2.05) is 0 Å². The van der Waals surface area contributed by atoms with E-state index in [0.717, 1.165) is 4.90 Å². The third-order valence-corrected chi connectivity index (χ3v) is 2.70. The number of amides is 3. The topological polar surface area (TPSA) is 49.4 Å². The highest BCUT2D eigenvalue weighted by Gasteiger charge is 2.30. The summed E-state index contributed by atoms with van der Waals surface area (Å²) in [6.45, 7) is 0. The van der Waals surface area contributed by atoms with Gasteiger partial charge in [-0.05, 0) is 18.2 Å². The number of nitrogens with one attached hydrogen (secondary N) is 1. The summed E-state index contributed by atoms with van der Waals surface area (Å²) in [4.78, 5) is 23.6. The van der Waals surface area contributed by atoms with Gasteiger partial charge in [0.15, 0.2) is 0 Å². The molecular formula is C11H8ClFN2O2. The Morgan fingerprint density at radius 1 is 1.41 bits per heavy atom. The summed E-state index contributed by atoms with van der Waals surface area (Å²) in [5, 5.41) is 2.50. The fourth-order valence-electron chi connectivity index (χ4n) is 1.42. The minimum atomic E-state index is -0.554. The van der Waals surface area contributed by atoms with Crippen LogP contribution in [0.15, 0.2) is 23.9 Å². The van der Waals surface area contributed by atoms with Crippen molar-refractivity contribution in [1.29, 1.82) is 0 Å². The quantitative estimate of drug-likeness (QED) is 0.616. The van der Waals surface area contributed by atoms with E-state index in [9.17, 15) is 14.0 Å². The summed E-state index contributed by atoms with van der Waals surface area (Å²) in [6.07, 6.45) is 1.22. The van der Waals surface area contributed by atoms with E-state index in [0.29, 0.717) is 0 Å². The van der Waals surface area contributed by atoms with Crippen molar-refractivity contribution in [2.45, 2.75) is 0 Å². The largest absolute Gasteiger partial charge is 0.328 e. The lowest BCUT2D eigenvalue weighted by Crippen LogP contribution is -2.25. The Bertz CT molecular complexity index is 522. The molecule has 1 aliphatic heterocycles. The van der Waals surface area contributed by atoms with Crippen molar-refractivity contribution in [3.05, 3.63) is 40.3 Å². The molecule has 1 aromatic carbocycles. The molecule has 0 spiro atoms. The lowest BCUT2D eigenvalue weighted by molar-refractivity contribution is -0.121. The van der Waals surface area contributed by atoms with E-state index >= 15 is 0 Å². The number of halogens is 2. The molecule has 0 radical (unpaired) electrons. The molecule has 2 rings (SSSR count). The molecule has 0 atom stereocenters. The third-order valence-electron chi connectivity index (χ3n) is 2.37. The van der Waals surface area contributed by atoms with Gasteiger partial charge in [0.1, 0.15) is 11.5 Å². The van der Waals surface area contributed by atoms with Crippen molar-refractivity contribution in [2.24, 2.45) is 0 Å². The number of rotatable bonds is 1. The second-order valence-corrected chi connectivity index (χ2v) is 3.89. The van der Waals surface area contributed by atoms with Gasteiger partial charge in [-0.25, -0.2) is 9.18 Å². The van der Waals surface area contributed by atoms with Gasteiger partial charge in [-0.3, -0.25) is 9.69 Å². The maximum absolute atomic E-state index is 13.5. The van der Waals surface area contributed by atoms with Gasteiger partial charge in [0, 0.05) is 12.6 Å². The molecule has 0 aromatic heterocycles. The first kappa shape index (κ1) is 11.6. The Hall–Kier alpha value is -1.88. The molecule has 0 saturated carbocycles. The molecule has 0 aliphatic carbocycles. The van der Waals surface area contributed by atoms with E-state index < -0.39 is 17.8 Å². The van der Waals surface area contributed by atoms with Gasteiger partial charge < -0.3 is 5.32 Å². The van der Waals surface area contributed by atoms with Crippen molar-refractivity contribution < 1.29 is 14.0 Å². The van der Waals surface area contributed by atoms with E-state index in [1.54, 1.807) is 0 Å². The third kappa shape index (κ3) is 2.01. The highest BCUT2D eigenvalue weighted by molar-refractivity contribution is 6.32. The summed E-state index contributed by atoms with van der Waals surface area (Å²) in [5.74, 6) is -1.07. The lowest BCUT2D eigenvalue weighted by atomic mass is 10.1. The van der Waals surface area contributed by atoms with Crippen LogP contribution in [0.4, 0.5) is 9.18 Å². The Morgan fingerprint density at radius 3 is 2.65 bits per heavy atom. The first-order chi connectivity index (χ1) is 8.00. The summed E-state index contributed by atoms with van der Waals surface area (Å²) >= 11 is 5.81. The van der Waals surface area contributed by atoms with Crippen LogP contribution in [0.25, 0.3) is 6.08 Å². The van der Waals surface area contributed by atoms with Gasteiger partial charge >= 0.3 is 6.03 Å². The molecular weight excluding hydrogens is 247 g/mol. The van der Waals surface area contributed by atoms with E-state index in [-0.39, 0.29) is 16.3 Å². The summed E-state index contributed by atoms with van der Waals surface area (Å²) < 4.78 is 13.5. The molecule has 6 heteroatoms. The first-order valence-electron chi connectivity index (χ1n) is 4.75. The van der Waals surface area contributed by atoms with Gasteiger partial charge in [-0.2, -0.15) is 0 Å². The van der Waals surface area contributed by atoms with Crippen LogP contribution in [-0.2, 0) is 4.79 Å². The van der Waals surface area contributed by atoms with Crippen LogP contribution < -0.4 is 5.32 Å². The normalized spacial score (nSPS) is 17.8. The molecule has 0 unspecified atom stereocenters. The lowest BCUT2D eigenvalue weighted by Gasteiger charge is -2.01. The number of carbonyl (C=O) groups excluding carboxylic acids is 2. The van der Waals surface area contributed by atoms with Crippen LogP contribution in [0, 0.1) is 5.82 Å². The zero-order valence-electron chi connectivity index (χ0n) is 8.83. The van der Waals surface area contributed by atoms with Gasteiger partial charge in [0.2, 0.25) is 0 Å². The molecule has 17 heavy (non-hydrogen) atoms. The molecule has 1 aliphatic rings. The molecule has 1 saturated heterocycles. The predicted octanol–water partition coefficient (Wildman–Crippen LogP) is 2.00. The van der Waals surface area contributed by atoms with Crippen molar-refractivity contribution in [1.82, 2.24) is 10.2 Å². The van der Waals surface area contributed by atoms with Gasteiger partial charge in [0.25, 0.3) is 5.91 Å². The van der Waals surface area contributed by atoms with Crippen molar-refractivity contribution in [3.8, 4) is 0 Å². The Morgan fingerprint density at radius 2 is 2.12 bits per heavy atom. The molecule has 88 valence electrons. The van der Waals surface area contributed by atoms with Crippen LogP contribution >= 0.6 is 11.6 Å². The summed E-state index contributed by atoms with van der Waals surface area (Å²) in [5.41, 5.74) is 0.0811. The number of hydrogen-bond acceptors (Lipinski definition) is 2. The molecule has 4 nitrogen and oxygen atoms in total. The number of urea groups is 1. The second kappa shape index (κ2) is 4.18. The number of likely N-dealkylation sites (N-methyl/N-ethyl adjacent to an activating group) is 1. The van der Waals surface area contributed by atoms with E-state index in [1.165, 1.54) is 31.3 Å². The van der Waals surface area contributed by atoms with Crippen LogP contribution in [-0.4, -0.2) is 23.9 Å². The monoisotopic (exact) mass is 254 g/mol. The van der Waals surface area contributed by atoms with Gasteiger partial charge in [-0.15, -0.1) is 0 Å². The number of carbonyl (C=O) groups is 2. The zero-order valence-corrected chi connectivity index (χ0v) is 9.58. The van der Waals surface area contributed by atoms with Crippen molar-refractivity contribution in [2.75, 3.05) is 7.05 Å². The molecule has 1 aromatic rings. The number of imide groups is 1. The maximum Gasteiger partial charge on any atom is 0.328 e. The maximum atomic E-state index is 13.5. The van der Waals surface area contributed by atoms with Crippen LogP contribution in [0.2, 0.25) is 5.02 Å².